The number of hydrogen-bond acceptors (Lipinski definition) is 2. The lowest BCUT2D eigenvalue weighted by atomic mass is 9.87. The lowest BCUT2D eigenvalue weighted by molar-refractivity contribution is 1.14. The summed E-state index contributed by atoms with van der Waals surface area (Å²) in [6.07, 6.45) is 5.60. The molecule has 7 aromatic rings. The van der Waals surface area contributed by atoms with E-state index in [4.69, 9.17) is 0 Å². The van der Waals surface area contributed by atoms with Crippen molar-refractivity contribution in [2.45, 2.75) is 26.7 Å². The fourth-order valence-electron chi connectivity index (χ4n) is 6.48. The second kappa shape index (κ2) is 13.2. The van der Waals surface area contributed by atoms with E-state index in [0.29, 0.717) is 0 Å². The molecule has 0 saturated heterocycles. The summed E-state index contributed by atoms with van der Waals surface area (Å²) in [6, 6.07) is 52.3. The first-order chi connectivity index (χ1) is 22.7. The van der Waals surface area contributed by atoms with E-state index in [1.54, 1.807) is 0 Å². The molecule has 2 nitrogen and oxygen atoms in total. The van der Waals surface area contributed by atoms with E-state index < -0.39 is 0 Å². The van der Waals surface area contributed by atoms with Gasteiger partial charge < -0.3 is 0 Å². The number of pyridine rings is 2. The van der Waals surface area contributed by atoms with Gasteiger partial charge in [-0.1, -0.05) is 117 Å². The van der Waals surface area contributed by atoms with Crippen molar-refractivity contribution < 1.29 is 0 Å². The van der Waals surface area contributed by atoms with Gasteiger partial charge in [0.2, 0.25) is 0 Å². The van der Waals surface area contributed by atoms with Crippen LogP contribution in [-0.4, -0.2) is 9.97 Å². The highest BCUT2D eigenvalue weighted by Gasteiger charge is 2.15. The summed E-state index contributed by atoms with van der Waals surface area (Å²) >= 11 is 0. The van der Waals surface area contributed by atoms with E-state index in [-0.39, 0.29) is 0 Å². The molecule has 0 bridgehead atoms. The fraction of sp³-hybridized carbons (Fsp3) is 0.0909. The Bertz CT molecular complexity index is 1960. The van der Waals surface area contributed by atoms with Gasteiger partial charge in [0.25, 0.3) is 0 Å². The summed E-state index contributed by atoms with van der Waals surface area (Å²) < 4.78 is 0. The molecule has 2 heteroatoms. The van der Waals surface area contributed by atoms with Crippen LogP contribution in [0.3, 0.4) is 0 Å². The Morgan fingerprint density at radius 2 is 0.783 bits per heavy atom. The van der Waals surface area contributed by atoms with Gasteiger partial charge in [0.05, 0.1) is 11.4 Å². The standard InChI is InChI=1S/C44H36N2/c1-3-31-28-35(43-20-9-11-26-45-43)22-24-39(31)41-18-7-5-16-37(41)33-14-13-15-34(30-33)38-17-6-8-19-42(38)40-25-23-36(29-32(40)4-2)44-21-10-12-27-46-44/h5-30H,3-4H2,1-2H3. The largest absolute Gasteiger partial charge is 0.256 e. The van der Waals surface area contributed by atoms with Crippen molar-refractivity contribution in [1.82, 2.24) is 9.97 Å². The third kappa shape index (κ3) is 5.78. The van der Waals surface area contributed by atoms with Crippen molar-refractivity contribution in [2.24, 2.45) is 0 Å². The molecule has 0 atom stereocenters. The normalized spacial score (nSPS) is 11.0. The van der Waals surface area contributed by atoms with E-state index in [1.165, 1.54) is 55.6 Å². The minimum absolute atomic E-state index is 0.941. The van der Waals surface area contributed by atoms with Gasteiger partial charge in [0.1, 0.15) is 0 Å². The summed E-state index contributed by atoms with van der Waals surface area (Å²) in [5, 5.41) is 0. The maximum Gasteiger partial charge on any atom is 0.0702 e. The second-order valence-corrected chi connectivity index (χ2v) is 11.6. The molecule has 222 valence electrons. The minimum atomic E-state index is 0.941. The van der Waals surface area contributed by atoms with Crippen LogP contribution >= 0.6 is 0 Å². The first-order valence-corrected chi connectivity index (χ1v) is 16.1. The van der Waals surface area contributed by atoms with Gasteiger partial charge in [-0.25, -0.2) is 0 Å². The van der Waals surface area contributed by atoms with Gasteiger partial charge in [-0.15, -0.1) is 0 Å². The number of aryl methyl sites for hydroxylation is 2. The number of nitrogens with zero attached hydrogens (tertiary/aromatic N) is 2. The molecule has 0 fully saturated rings. The molecule has 7 rings (SSSR count). The lowest BCUT2D eigenvalue weighted by Gasteiger charge is -2.17. The Balaban J connectivity index is 1.29. The predicted molar refractivity (Wildman–Crippen MR) is 193 cm³/mol. The summed E-state index contributed by atoms with van der Waals surface area (Å²) in [7, 11) is 0. The molecule has 0 saturated carbocycles. The first kappa shape index (κ1) is 29.1. The van der Waals surface area contributed by atoms with Crippen LogP contribution in [0.2, 0.25) is 0 Å². The number of benzene rings is 5. The van der Waals surface area contributed by atoms with Gasteiger partial charge >= 0.3 is 0 Å². The topological polar surface area (TPSA) is 25.8 Å². The Hall–Kier alpha value is -5.60. The monoisotopic (exact) mass is 592 g/mol. The van der Waals surface area contributed by atoms with E-state index in [1.807, 2.05) is 36.7 Å². The van der Waals surface area contributed by atoms with Gasteiger partial charge in [-0.2, -0.15) is 0 Å². The number of rotatable bonds is 8. The quantitative estimate of drug-likeness (QED) is 0.175. The van der Waals surface area contributed by atoms with Crippen LogP contribution in [0, 0.1) is 0 Å². The Morgan fingerprint density at radius 3 is 1.20 bits per heavy atom. The van der Waals surface area contributed by atoms with Crippen LogP contribution in [0.1, 0.15) is 25.0 Å². The molecule has 0 aliphatic heterocycles. The zero-order chi connectivity index (χ0) is 31.3. The molecule has 0 unspecified atom stereocenters. The lowest BCUT2D eigenvalue weighted by Crippen LogP contribution is -1.94. The predicted octanol–water partition coefficient (Wildman–Crippen LogP) is 11.6. The zero-order valence-corrected chi connectivity index (χ0v) is 26.3. The van der Waals surface area contributed by atoms with Gasteiger partial charge in [-0.05, 0) is 111 Å². The third-order valence-corrected chi connectivity index (χ3v) is 8.81. The summed E-state index contributed by atoms with van der Waals surface area (Å²) in [5.41, 5.74) is 16.8. The molecule has 0 aliphatic rings. The van der Waals surface area contributed by atoms with Crippen LogP contribution in [0.25, 0.3) is 67.0 Å². The average molecular weight is 593 g/mol. The fourth-order valence-corrected chi connectivity index (χ4v) is 6.48. The summed E-state index contributed by atoms with van der Waals surface area (Å²) in [6.45, 7) is 4.46. The van der Waals surface area contributed by atoms with Crippen molar-refractivity contribution in [2.75, 3.05) is 0 Å². The molecule has 0 radical (unpaired) electrons. The third-order valence-electron chi connectivity index (χ3n) is 8.81. The molecular weight excluding hydrogens is 556 g/mol. The van der Waals surface area contributed by atoms with Gasteiger partial charge in [0.15, 0.2) is 0 Å². The van der Waals surface area contributed by atoms with Crippen molar-refractivity contribution >= 4 is 0 Å². The minimum Gasteiger partial charge on any atom is -0.256 e. The molecule has 0 spiro atoms. The first-order valence-electron chi connectivity index (χ1n) is 16.1. The molecule has 0 N–H and O–H groups in total. The highest BCUT2D eigenvalue weighted by Crippen LogP contribution is 2.40. The van der Waals surface area contributed by atoms with Gasteiger partial charge in [0, 0.05) is 23.5 Å². The second-order valence-electron chi connectivity index (χ2n) is 11.6. The van der Waals surface area contributed by atoms with E-state index >= 15 is 0 Å². The molecule has 0 aliphatic carbocycles. The molecule has 5 aromatic carbocycles. The van der Waals surface area contributed by atoms with Crippen molar-refractivity contribution in [3.8, 4) is 67.0 Å². The van der Waals surface area contributed by atoms with E-state index in [9.17, 15) is 0 Å². The maximum absolute atomic E-state index is 4.59. The molecule has 46 heavy (non-hydrogen) atoms. The highest BCUT2D eigenvalue weighted by molar-refractivity contribution is 5.90. The van der Waals surface area contributed by atoms with Crippen LogP contribution in [0.5, 0.6) is 0 Å². The van der Waals surface area contributed by atoms with Crippen molar-refractivity contribution in [3.05, 3.63) is 169 Å². The van der Waals surface area contributed by atoms with Crippen molar-refractivity contribution in [3.63, 3.8) is 0 Å². The Labute approximate surface area is 272 Å². The number of aromatic nitrogens is 2. The summed E-state index contributed by atoms with van der Waals surface area (Å²) in [4.78, 5) is 9.17. The van der Waals surface area contributed by atoms with Crippen LogP contribution in [0.4, 0.5) is 0 Å². The smallest absolute Gasteiger partial charge is 0.0702 e. The Morgan fingerprint density at radius 1 is 0.348 bits per heavy atom. The zero-order valence-electron chi connectivity index (χ0n) is 26.3. The maximum atomic E-state index is 4.59. The molecule has 2 heterocycles. The highest BCUT2D eigenvalue weighted by atomic mass is 14.7. The Kier molecular flexibility index (Phi) is 8.34. The van der Waals surface area contributed by atoms with Gasteiger partial charge in [-0.3, -0.25) is 9.97 Å². The van der Waals surface area contributed by atoms with Crippen molar-refractivity contribution in [1.29, 1.82) is 0 Å². The van der Waals surface area contributed by atoms with E-state index in [0.717, 1.165) is 35.4 Å². The molecule has 2 aromatic heterocycles. The van der Waals surface area contributed by atoms with E-state index in [2.05, 4.69) is 145 Å². The average Bonchev–Trinajstić information content (AvgIpc) is 3.15. The molecular formula is C44H36N2. The molecule has 0 amide bonds. The SMILES string of the molecule is CCc1cc(-c2ccccn2)ccc1-c1ccccc1-c1cccc(-c2ccccc2-c2ccc(-c3ccccn3)cc2CC)c1. The van der Waals surface area contributed by atoms with Crippen LogP contribution in [0.15, 0.2) is 158 Å². The van der Waals surface area contributed by atoms with Crippen LogP contribution in [-0.2, 0) is 12.8 Å². The summed E-state index contributed by atoms with van der Waals surface area (Å²) in [5.74, 6) is 0. The number of hydrogen-bond donors (Lipinski definition) is 0. The van der Waals surface area contributed by atoms with Crippen LogP contribution < -0.4 is 0 Å².